The van der Waals surface area contributed by atoms with Gasteiger partial charge in [-0.1, -0.05) is 31.5 Å². The van der Waals surface area contributed by atoms with Crippen LogP contribution in [0.15, 0.2) is 42.5 Å². The van der Waals surface area contributed by atoms with Gasteiger partial charge in [0.15, 0.2) is 11.5 Å². The first-order valence-corrected chi connectivity index (χ1v) is 7.40. The summed E-state index contributed by atoms with van der Waals surface area (Å²) in [6, 6.07) is 12.6. The Morgan fingerprint density at radius 2 is 1.82 bits per heavy atom. The lowest BCUT2D eigenvalue weighted by atomic mass is 10.1. The number of aromatic hydroxyl groups is 1. The topological polar surface area (TPSA) is 58.9 Å². The summed E-state index contributed by atoms with van der Waals surface area (Å²) >= 11 is 0. The van der Waals surface area contributed by atoms with Crippen molar-refractivity contribution in [3.05, 3.63) is 53.6 Å². The van der Waals surface area contributed by atoms with Gasteiger partial charge in [-0.25, -0.2) is 0 Å². The van der Waals surface area contributed by atoms with Crippen molar-refractivity contribution in [2.24, 2.45) is 0 Å². The zero-order valence-corrected chi connectivity index (χ0v) is 13.0. The third-order valence-electron chi connectivity index (χ3n) is 3.46. The lowest BCUT2D eigenvalue weighted by molar-refractivity contribution is 0.108. The standard InChI is InChI=1S/C18H22O4/c1-3-4-13-5-8-15(9-6-13)22-12-17(20)14-7-10-16(19)18(11-14)21-2/h5-11,17,19-20H,3-4,12H2,1-2H3. The van der Waals surface area contributed by atoms with Crippen LogP contribution >= 0.6 is 0 Å². The average Bonchev–Trinajstić information content (AvgIpc) is 2.54. The number of methoxy groups -OCH3 is 1. The molecule has 0 amide bonds. The Bertz CT molecular complexity index is 593. The van der Waals surface area contributed by atoms with Gasteiger partial charge in [-0.2, -0.15) is 0 Å². The zero-order valence-electron chi connectivity index (χ0n) is 13.0. The Morgan fingerprint density at radius 3 is 2.45 bits per heavy atom. The predicted molar refractivity (Wildman–Crippen MR) is 85.6 cm³/mol. The number of ether oxygens (including phenoxy) is 2. The second kappa shape index (κ2) is 7.71. The molecule has 0 aliphatic rings. The highest BCUT2D eigenvalue weighted by Crippen LogP contribution is 2.29. The normalized spacial score (nSPS) is 12.0. The van der Waals surface area contributed by atoms with Crippen molar-refractivity contribution in [1.82, 2.24) is 0 Å². The molecule has 2 N–H and O–H groups in total. The van der Waals surface area contributed by atoms with Gasteiger partial charge < -0.3 is 19.7 Å². The van der Waals surface area contributed by atoms with E-state index >= 15 is 0 Å². The Labute approximate surface area is 130 Å². The van der Waals surface area contributed by atoms with E-state index < -0.39 is 6.10 Å². The van der Waals surface area contributed by atoms with Crippen molar-refractivity contribution in [3.63, 3.8) is 0 Å². The van der Waals surface area contributed by atoms with Crippen molar-refractivity contribution in [3.8, 4) is 17.2 Å². The van der Waals surface area contributed by atoms with E-state index in [4.69, 9.17) is 9.47 Å². The van der Waals surface area contributed by atoms with Gasteiger partial charge in [0.1, 0.15) is 18.5 Å². The molecule has 118 valence electrons. The summed E-state index contributed by atoms with van der Waals surface area (Å²) < 4.78 is 10.6. The van der Waals surface area contributed by atoms with Gasteiger partial charge in [0.25, 0.3) is 0 Å². The molecule has 0 bridgehead atoms. The SMILES string of the molecule is CCCc1ccc(OCC(O)c2ccc(O)c(OC)c2)cc1. The Hall–Kier alpha value is -2.20. The van der Waals surface area contributed by atoms with Crippen molar-refractivity contribution in [2.45, 2.75) is 25.9 Å². The number of phenolic OH excluding ortho intramolecular Hbond substituents is 1. The quantitative estimate of drug-likeness (QED) is 0.822. The highest BCUT2D eigenvalue weighted by atomic mass is 16.5. The highest BCUT2D eigenvalue weighted by Gasteiger charge is 2.12. The molecule has 2 aromatic carbocycles. The van der Waals surface area contributed by atoms with Crippen LogP contribution in [0.25, 0.3) is 0 Å². The summed E-state index contributed by atoms with van der Waals surface area (Å²) in [5.41, 5.74) is 1.91. The molecule has 0 fully saturated rings. The molecule has 22 heavy (non-hydrogen) atoms. The van der Waals surface area contributed by atoms with Crippen LogP contribution in [0.5, 0.6) is 17.2 Å². The molecule has 0 aromatic heterocycles. The van der Waals surface area contributed by atoms with Crippen molar-refractivity contribution in [2.75, 3.05) is 13.7 Å². The van der Waals surface area contributed by atoms with Crippen LogP contribution in [0, 0.1) is 0 Å². The number of phenols is 1. The minimum atomic E-state index is -0.787. The second-order valence-electron chi connectivity index (χ2n) is 5.15. The lowest BCUT2D eigenvalue weighted by Crippen LogP contribution is -2.09. The summed E-state index contributed by atoms with van der Waals surface area (Å²) in [5.74, 6) is 1.11. The summed E-state index contributed by atoms with van der Waals surface area (Å²) in [4.78, 5) is 0. The van der Waals surface area contributed by atoms with E-state index in [1.807, 2.05) is 24.3 Å². The molecule has 0 aliphatic heterocycles. The molecule has 2 rings (SSSR count). The third-order valence-corrected chi connectivity index (χ3v) is 3.46. The van der Waals surface area contributed by atoms with Gasteiger partial charge >= 0.3 is 0 Å². The van der Waals surface area contributed by atoms with Gasteiger partial charge in [-0.05, 0) is 41.8 Å². The summed E-state index contributed by atoms with van der Waals surface area (Å²) in [7, 11) is 1.47. The van der Waals surface area contributed by atoms with Crippen LogP contribution in [0.3, 0.4) is 0 Å². The smallest absolute Gasteiger partial charge is 0.160 e. The summed E-state index contributed by atoms with van der Waals surface area (Å²) in [6.45, 7) is 2.29. The van der Waals surface area contributed by atoms with E-state index in [9.17, 15) is 10.2 Å². The number of rotatable bonds is 7. The number of aliphatic hydroxyl groups is 1. The Morgan fingerprint density at radius 1 is 1.09 bits per heavy atom. The van der Waals surface area contributed by atoms with Crippen LogP contribution in [0.4, 0.5) is 0 Å². The summed E-state index contributed by atoms with van der Waals surface area (Å²) in [5, 5.41) is 19.7. The fourth-order valence-electron chi connectivity index (χ4n) is 2.21. The minimum absolute atomic E-state index is 0.0471. The van der Waals surface area contributed by atoms with Crippen molar-refractivity contribution < 1.29 is 19.7 Å². The highest BCUT2D eigenvalue weighted by molar-refractivity contribution is 5.42. The van der Waals surface area contributed by atoms with Gasteiger partial charge in [0.05, 0.1) is 7.11 Å². The maximum atomic E-state index is 10.2. The molecule has 1 unspecified atom stereocenters. The van der Waals surface area contributed by atoms with Crippen LogP contribution in [0.2, 0.25) is 0 Å². The molecule has 0 radical (unpaired) electrons. The fourth-order valence-corrected chi connectivity index (χ4v) is 2.21. The number of aryl methyl sites for hydroxylation is 1. The second-order valence-corrected chi connectivity index (χ2v) is 5.15. The summed E-state index contributed by atoms with van der Waals surface area (Å²) in [6.07, 6.45) is 1.38. The molecule has 4 nitrogen and oxygen atoms in total. The number of aliphatic hydroxyl groups excluding tert-OH is 1. The molecule has 0 saturated carbocycles. The van der Waals surface area contributed by atoms with E-state index in [0.717, 1.165) is 18.6 Å². The first-order chi connectivity index (χ1) is 10.6. The largest absolute Gasteiger partial charge is 0.504 e. The van der Waals surface area contributed by atoms with E-state index in [1.165, 1.54) is 18.7 Å². The minimum Gasteiger partial charge on any atom is -0.504 e. The first-order valence-electron chi connectivity index (χ1n) is 7.40. The zero-order chi connectivity index (χ0) is 15.9. The predicted octanol–water partition coefficient (Wildman–Crippen LogP) is 3.47. The molecule has 4 heteroatoms. The average molecular weight is 302 g/mol. The first kappa shape index (κ1) is 16.2. The fraction of sp³-hybridized carbons (Fsp3) is 0.333. The van der Waals surface area contributed by atoms with Crippen LogP contribution in [0.1, 0.15) is 30.6 Å². The van der Waals surface area contributed by atoms with E-state index in [-0.39, 0.29) is 12.4 Å². The molecule has 1 atom stereocenters. The van der Waals surface area contributed by atoms with Crippen LogP contribution in [-0.4, -0.2) is 23.9 Å². The monoisotopic (exact) mass is 302 g/mol. The number of hydrogen-bond acceptors (Lipinski definition) is 4. The number of benzene rings is 2. The van der Waals surface area contributed by atoms with Crippen molar-refractivity contribution >= 4 is 0 Å². The van der Waals surface area contributed by atoms with Crippen molar-refractivity contribution in [1.29, 1.82) is 0 Å². The van der Waals surface area contributed by atoms with Crippen LogP contribution in [-0.2, 0) is 6.42 Å². The lowest BCUT2D eigenvalue weighted by Gasteiger charge is -2.14. The Kier molecular flexibility index (Phi) is 5.67. The van der Waals surface area contributed by atoms with Gasteiger partial charge in [0.2, 0.25) is 0 Å². The van der Waals surface area contributed by atoms with Gasteiger partial charge in [-0.15, -0.1) is 0 Å². The third kappa shape index (κ3) is 4.15. The molecular weight excluding hydrogens is 280 g/mol. The van der Waals surface area contributed by atoms with E-state index in [2.05, 4.69) is 6.92 Å². The Balaban J connectivity index is 1.95. The molecular formula is C18H22O4. The maximum Gasteiger partial charge on any atom is 0.160 e. The van der Waals surface area contributed by atoms with Gasteiger partial charge in [-0.3, -0.25) is 0 Å². The number of hydrogen-bond donors (Lipinski definition) is 2. The van der Waals surface area contributed by atoms with Gasteiger partial charge in [0, 0.05) is 0 Å². The molecule has 0 aliphatic carbocycles. The maximum absolute atomic E-state index is 10.2. The van der Waals surface area contributed by atoms with E-state index in [1.54, 1.807) is 12.1 Å². The van der Waals surface area contributed by atoms with E-state index in [0.29, 0.717) is 11.3 Å². The molecule has 0 heterocycles. The molecule has 0 saturated heterocycles. The van der Waals surface area contributed by atoms with Crippen LogP contribution < -0.4 is 9.47 Å². The molecule has 0 spiro atoms. The molecule has 2 aromatic rings.